The van der Waals surface area contributed by atoms with E-state index in [0.717, 1.165) is 31.7 Å². The van der Waals surface area contributed by atoms with Gasteiger partial charge in [0.1, 0.15) is 5.76 Å². The lowest BCUT2D eigenvalue weighted by molar-refractivity contribution is -0.132. The van der Waals surface area contributed by atoms with Crippen molar-refractivity contribution >= 4 is 11.8 Å². The Morgan fingerprint density at radius 1 is 1.33 bits per heavy atom. The minimum absolute atomic E-state index is 0.0128. The molecule has 0 aromatic carbocycles. The number of hydrogen-bond donors (Lipinski definition) is 1. The predicted octanol–water partition coefficient (Wildman–Crippen LogP) is 0.951. The van der Waals surface area contributed by atoms with E-state index in [-0.39, 0.29) is 18.4 Å². The molecule has 1 aromatic heterocycles. The largest absolute Gasteiger partial charge is 0.469 e. The molecule has 0 spiro atoms. The molecule has 0 atom stereocenters. The molecule has 0 radical (unpaired) electrons. The topological polar surface area (TPSA) is 62.6 Å². The lowest BCUT2D eigenvalue weighted by Gasteiger charge is -2.15. The number of likely N-dealkylation sites (tertiary alicyclic amines) is 1. The molecule has 1 aliphatic rings. The first kappa shape index (κ1) is 12.7. The van der Waals surface area contributed by atoms with E-state index in [1.54, 1.807) is 17.2 Å². The Kier molecular flexibility index (Phi) is 4.39. The Bertz CT molecular complexity index is 394. The van der Waals surface area contributed by atoms with Gasteiger partial charge in [0.2, 0.25) is 11.8 Å². The maximum Gasteiger partial charge on any atom is 0.241 e. The van der Waals surface area contributed by atoms with E-state index in [4.69, 9.17) is 4.42 Å². The van der Waals surface area contributed by atoms with E-state index in [1.807, 2.05) is 6.07 Å². The van der Waals surface area contributed by atoms with Crippen LogP contribution >= 0.6 is 0 Å². The highest BCUT2D eigenvalue weighted by Crippen LogP contribution is 2.07. The lowest BCUT2D eigenvalue weighted by atomic mass is 10.2. The summed E-state index contributed by atoms with van der Waals surface area (Å²) in [6.07, 6.45) is 4.64. The third kappa shape index (κ3) is 3.61. The highest BCUT2D eigenvalue weighted by atomic mass is 16.3. The van der Waals surface area contributed by atoms with Gasteiger partial charge in [0.25, 0.3) is 0 Å². The zero-order valence-corrected chi connectivity index (χ0v) is 10.4. The molecular formula is C13H18N2O3. The van der Waals surface area contributed by atoms with Gasteiger partial charge < -0.3 is 14.6 Å². The number of amides is 2. The summed E-state index contributed by atoms with van der Waals surface area (Å²) >= 11 is 0. The zero-order valence-electron chi connectivity index (χ0n) is 10.4. The Morgan fingerprint density at radius 3 is 2.78 bits per heavy atom. The Hall–Kier alpha value is -1.78. The Balaban J connectivity index is 1.63. The number of carbonyl (C=O) groups is 2. The maximum atomic E-state index is 11.7. The molecule has 0 bridgehead atoms. The molecule has 98 valence electrons. The van der Waals surface area contributed by atoms with E-state index < -0.39 is 0 Å². The molecule has 0 saturated carbocycles. The molecule has 1 N–H and O–H groups in total. The van der Waals surface area contributed by atoms with Gasteiger partial charge in [-0.2, -0.15) is 0 Å². The fourth-order valence-corrected chi connectivity index (χ4v) is 2.03. The quantitative estimate of drug-likeness (QED) is 0.846. The van der Waals surface area contributed by atoms with Crippen LogP contribution in [-0.4, -0.2) is 36.3 Å². The fraction of sp³-hybridized carbons (Fsp3) is 0.538. The molecule has 2 rings (SSSR count). The minimum Gasteiger partial charge on any atom is -0.469 e. The minimum atomic E-state index is -0.112. The molecule has 0 aliphatic carbocycles. The summed E-state index contributed by atoms with van der Waals surface area (Å²) in [5.74, 6) is 0.689. The number of aryl methyl sites for hydroxylation is 1. The van der Waals surface area contributed by atoms with Gasteiger partial charge in [-0.1, -0.05) is 0 Å². The molecule has 1 fully saturated rings. The average Bonchev–Trinajstić information content (AvgIpc) is 3.05. The van der Waals surface area contributed by atoms with Gasteiger partial charge in [-0.05, 0) is 25.0 Å². The summed E-state index contributed by atoms with van der Waals surface area (Å²) < 4.78 is 5.14. The Labute approximate surface area is 106 Å². The summed E-state index contributed by atoms with van der Waals surface area (Å²) in [5.41, 5.74) is 0. The molecular weight excluding hydrogens is 232 g/mol. The van der Waals surface area contributed by atoms with Crippen molar-refractivity contribution in [3.8, 4) is 0 Å². The third-order valence-corrected chi connectivity index (χ3v) is 3.07. The SMILES string of the molecule is O=C(CCc1ccco1)NCC(=O)N1CCCC1. The van der Waals surface area contributed by atoms with Crippen LogP contribution in [0.1, 0.15) is 25.0 Å². The molecule has 0 unspecified atom stereocenters. The van der Waals surface area contributed by atoms with Crippen LogP contribution in [0.25, 0.3) is 0 Å². The summed E-state index contributed by atoms with van der Waals surface area (Å²) in [4.78, 5) is 25.0. The van der Waals surface area contributed by atoms with Gasteiger partial charge in [0.15, 0.2) is 0 Å². The normalized spacial score (nSPS) is 14.8. The van der Waals surface area contributed by atoms with E-state index in [1.165, 1.54) is 0 Å². The van der Waals surface area contributed by atoms with Gasteiger partial charge in [0, 0.05) is 25.9 Å². The molecule has 5 heteroatoms. The van der Waals surface area contributed by atoms with Crippen LogP contribution in [-0.2, 0) is 16.0 Å². The molecule has 18 heavy (non-hydrogen) atoms. The van der Waals surface area contributed by atoms with Crippen LogP contribution in [0.15, 0.2) is 22.8 Å². The monoisotopic (exact) mass is 250 g/mol. The number of carbonyl (C=O) groups excluding carboxylic acids is 2. The number of nitrogens with zero attached hydrogens (tertiary/aromatic N) is 1. The van der Waals surface area contributed by atoms with Crippen LogP contribution in [0.2, 0.25) is 0 Å². The number of hydrogen-bond acceptors (Lipinski definition) is 3. The van der Waals surface area contributed by atoms with Gasteiger partial charge in [-0.15, -0.1) is 0 Å². The van der Waals surface area contributed by atoms with Crippen LogP contribution in [0.4, 0.5) is 0 Å². The van der Waals surface area contributed by atoms with E-state index in [9.17, 15) is 9.59 Å². The van der Waals surface area contributed by atoms with E-state index >= 15 is 0 Å². The van der Waals surface area contributed by atoms with Crippen molar-refractivity contribution in [1.29, 1.82) is 0 Å². The van der Waals surface area contributed by atoms with Gasteiger partial charge >= 0.3 is 0 Å². The second-order valence-electron chi connectivity index (χ2n) is 4.44. The summed E-state index contributed by atoms with van der Waals surface area (Å²) in [5, 5.41) is 2.65. The standard InChI is InChI=1S/C13H18N2O3/c16-12(6-5-11-4-3-9-18-11)14-10-13(17)15-7-1-2-8-15/h3-4,9H,1-2,5-8,10H2,(H,14,16). The van der Waals surface area contributed by atoms with Crippen molar-refractivity contribution in [2.75, 3.05) is 19.6 Å². The van der Waals surface area contributed by atoms with Crippen LogP contribution < -0.4 is 5.32 Å². The number of nitrogens with one attached hydrogen (secondary N) is 1. The molecule has 1 aromatic rings. The van der Waals surface area contributed by atoms with E-state index in [0.29, 0.717) is 12.8 Å². The van der Waals surface area contributed by atoms with Gasteiger partial charge in [0.05, 0.1) is 12.8 Å². The third-order valence-electron chi connectivity index (χ3n) is 3.07. The number of rotatable bonds is 5. The zero-order chi connectivity index (χ0) is 12.8. The van der Waals surface area contributed by atoms with Crippen molar-refractivity contribution in [2.45, 2.75) is 25.7 Å². The van der Waals surface area contributed by atoms with Crippen LogP contribution in [0, 0.1) is 0 Å². The van der Waals surface area contributed by atoms with Crippen molar-refractivity contribution in [1.82, 2.24) is 10.2 Å². The Morgan fingerprint density at radius 2 is 2.11 bits per heavy atom. The highest BCUT2D eigenvalue weighted by molar-refractivity contribution is 5.84. The molecule has 1 aliphatic heterocycles. The first-order valence-corrected chi connectivity index (χ1v) is 6.32. The van der Waals surface area contributed by atoms with Gasteiger partial charge in [-0.25, -0.2) is 0 Å². The predicted molar refractivity (Wildman–Crippen MR) is 65.9 cm³/mol. The smallest absolute Gasteiger partial charge is 0.241 e. The highest BCUT2D eigenvalue weighted by Gasteiger charge is 2.17. The van der Waals surface area contributed by atoms with Crippen molar-refractivity contribution in [3.05, 3.63) is 24.2 Å². The first-order valence-electron chi connectivity index (χ1n) is 6.32. The molecule has 1 saturated heterocycles. The lowest BCUT2D eigenvalue weighted by Crippen LogP contribution is -2.38. The van der Waals surface area contributed by atoms with Crippen LogP contribution in [0.3, 0.4) is 0 Å². The summed E-state index contributed by atoms with van der Waals surface area (Å²) in [6, 6.07) is 3.63. The van der Waals surface area contributed by atoms with E-state index in [2.05, 4.69) is 5.32 Å². The second kappa shape index (κ2) is 6.23. The summed E-state index contributed by atoms with van der Waals surface area (Å²) in [7, 11) is 0. The average molecular weight is 250 g/mol. The molecule has 2 heterocycles. The van der Waals surface area contributed by atoms with Crippen molar-refractivity contribution < 1.29 is 14.0 Å². The fourth-order valence-electron chi connectivity index (χ4n) is 2.03. The van der Waals surface area contributed by atoms with Crippen molar-refractivity contribution in [3.63, 3.8) is 0 Å². The first-order chi connectivity index (χ1) is 8.75. The van der Waals surface area contributed by atoms with Gasteiger partial charge in [-0.3, -0.25) is 9.59 Å². The summed E-state index contributed by atoms with van der Waals surface area (Å²) in [6.45, 7) is 1.75. The maximum absolute atomic E-state index is 11.7. The molecule has 5 nitrogen and oxygen atoms in total. The second-order valence-corrected chi connectivity index (χ2v) is 4.44. The van der Waals surface area contributed by atoms with Crippen LogP contribution in [0.5, 0.6) is 0 Å². The van der Waals surface area contributed by atoms with Crippen molar-refractivity contribution in [2.24, 2.45) is 0 Å². The molecule has 2 amide bonds. The number of furan rings is 1.